The summed E-state index contributed by atoms with van der Waals surface area (Å²) in [5.41, 5.74) is 0. The molecule has 6 nitrogen and oxygen atoms in total. The second-order valence-corrected chi connectivity index (χ2v) is 1.82. The van der Waals surface area contributed by atoms with Crippen molar-refractivity contribution in [2.24, 2.45) is 0 Å². The lowest BCUT2D eigenvalue weighted by atomic mass is 10.7. The van der Waals surface area contributed by atoms with E-state index in [1.165, 1.54) is 0 Å². The van der Waals surface area contributed by atoms with E-state index in [2.05, 4.69) is 4.74 Å². The third-order valence-corrected chi connectivity index (χ3v) is 0.471. The molecule has 0 radical (unpaired) electrons. The monoisotopic (exact) mass is 187 g/mol. The molecule has 0 aromatic heterocycles. The predicted molar refractivity (Wildman–Crippen MR) is 37.0 cm³/mol. The van der Waals surface area contributed by atoms with Crippen LogP contribution in [-0.2, 0) is 9.30 Å². The summed E-state index contributed by atoms with van der Waals surface area (Å²) in [5, 5.41) is 16.2. The summed E-state index contributed by atoms with van der Waals surface area (Å²) in [6, 6.07) is 0. The Kier molecular flexibility index (Phi) is 15.4. The molecule has 4 N–H and O–H groups in total. The number of aliphatic hydroxyl groups excluding tert-OH is 2. The van der Waals surface area contributed by atoms with Gasteiger partial charge < -0.3 is 14.9 Å². The standard InChI is InChI=1S/C4H10O3.HO3P/c5-1-3-7-4-2-6;1-4(2)3/h5-6H,1-4H2;(H-,1,2,3)/p+1. The lowest BCUT2D eigenvalue weighted by molar-refractivity contribution is 0.0650. The summed E-state index contributed by atoms with van der Waals surface area (Å²) < 4.78 is 13.3. The molecule has 0 rings (SSSR count). The molecule has 0 aliphatic heterocycles. The Morgan fingerprint density at radius 3 is 1.55 bits per heavy atom. The van der Waals surface area contributed by atoms with Crippen LogP contribution in [0.5, 0.6) is 0 Å². The van der Waals surface area contributed by atoms with Gasteiger partial charge in [0.25, 0.3) is 0 Å². The highest BCUT2D eigenvalue weighted by molar-refractivity contribution is 7.30. The highest BCUT2D eigenvalue weighted by Crippen LogP contribution is 1.98. The van der Waals surface area contributed by atoms with E-state index in [1.807, 2.05) is 0 Å². The molecule has 0 saturated heterocycles. The van der Waals surface area contributed by atoms with Gasteiger partial charge in [-0.25, -0.2) is 0 Å². The van der Waals surface area contributed by atoms with Gasteiger partial charge in [0.15, 0.2) is 0 Å². The third-order valence-electron chi connectivity index (χ3n) is 0.471. The van der Waals surface area contributed by atoms with Gasteiger partial charge in [0.2, 0.25) is 0 Å². The van der Waals surface area contributed by atoms with Crippen LogP contribution in [0.2, 0.25) is 0 Å². The number of rotatable bonds is 4. The van der Waals surface area contributed by atoms with Crippen molar-refractivity contribution >= 4 is 8.25 Å². The Morgan fingerprint density at radius 2 is 1.36 bits per heavy atom. The van der Waals surface area contributed by atoms with Crippen molar-refractivity contribution in [3.05, 3.63) is 0 Å². The van der Waals surface area contributed by atoms with Crippen molar-refractivity contribution in [3.63, 3.8) is 0 Å². The number of hydrogen-bond donors (Lipinski definition) is 4. The van der Waals surface area contributed by atoms with Crippen LogP contribution in [0.1, 0.15) is 0 Å². The fraction of sp³-hybridized carbons (Fsp3) is 1.00. The normalized spacial score (nSPS) is 8.36. The summed E-state index contributed by atoms with van der Waals surface area (Å²) in [6.07, 6.45) is 0. The Labute approximate surface area is 65.0 Å². The number of hydrogen-bond acceptors (Lipinski definition) is 4. The Morgan fingerprint density at radius 1 is 1.09 bits per heavy atom. The van der Waals surface area contributed by atoms with Crippen molar-refractivity contribution in [2.45, 2.75) is 0 Å². The molecule has 0 bridgehead atoms. The Hall–Kier alpha value is -0.100. The molecule has 68 valence electrons. The fourth-order valence-electron chi connectivity index (χ4n) is 0.231. The molecule has 0 fully saturated rings. The van der Waals surface area contributed by atoms with Crippen molar-refractivity contribution in [1.82, 2.24) is 0 Å². The first-order chi connectivity index (χ1) is 5.15. The van der Waals surface area contributed by atoms with Gasteiger partial charge >= 0.3 is 8.25 Å². The van der Waals surface area contributed by atoms with Gasteiger partial charge in [-0.15, -0.1) is 9.79 Å². The first kappa shape index (κ1) is 13.5. The maximum atomic E-state index is 8.70. The van der Waals surface area contributed by atoms with Gasteiger partial charge in [-0.3, -0.25) is 0 Å². The van der Waals surface area contributed by atoms with Crippen LogP contribution in [0.3, 0.4) is 0 Å². The van der Waals surface area contributed by atoms with E-state index in [-0.39, 0.29) is 13.2 Å². The van der Waals surface area contributed by atoms with Crippen molar-refractivity contribution in [2.75, 3.05) is 26.4 Å². The Bertz CT molecular complexity index is 78.7. The van der Waals surface area contributed by atoms with Crippen molar-refractivity contribution < 1.29 is 29.3 Å². The smallest absolute Gasteiger partial charge is 0.394 e. The van der Waals surface area contributed by atoms with Crippen LogP contribution >= 0.6 is 8.25 Å². The van der Waals surface area contributed by atoms with E-state index in [9.17, 15) is 0 Å². The second-order valence-electron chi connectivity index (χ2n) is 1.31. The molecule has 0 amide bonds. The average molecular weight is 187 g/mol. The first-order valence-corrected chi connectivity index (χ1v) is 3.96. The van der Waals surface area contributed by atoms with E-state index >= 15 is 0 Å². The van der Waals surface area contributed by atoms with Gasteiger partial charge in [0, 0.05) is 4.57 Å². The van der Waals surface area contributed by atoms with Crippen LogP contribution in [0, 0.1) is 0 Å². The molecule has 0 aromatic rings. The molecule has 0 spiro atoms. The lowest BCUT2D eigenvalue weighted by Crippen LogP contribution is -2.03. The molecule has 0 heterocycles. The molecule has 0 atom stereocenters. The first-order valence-electron chi connectivity index (χ1n) is 2.79. The summed E-state index contributed by atoms with van der Waals surface area (Å²) >= 11 is 0. The zero-order valence-corrected chi connectivity index (χ0v) is 6.78. The lowest BCUT2D eigenvalue weighted by Gasteiger charge is -1.94. The van der Waals surface area contributed by atoms with Crippen LogP contribution in [0.4, 0.5) is 0 Å². The average Bonchev–Trinajstić information content (AvgIpc) is 1.88. The van der Waals surface area contributed by atoms with E-state index in [1.54, 1.807) is 0 Å². The highest BCUT2D eigenvalue weighted by Gasteiger charge is 1.93. The Balaban J connectivity index is 0. The van der Waals surface area contributed by atoms with Crippen LogP contribution in [-0.4, -0.2) is 46.4 Å². The third kappa shape index (κ3) is 40.6. The van der Waals surface area contributed by atoms with Crippen LogP contribution in [0.25, 0.3) is 0 Å². The van der Waals surface area contributed by atoms with Gasteiger partial charge in [0.05, 0.1) is 26.4 Å². The zero-order valence-electron chi connectivity index (χ0n) is 5.88. The van der Waals surface area contributed by atoms with E-state index in [0.29, 0.717) is 13.2 Å². The second kappa shape index (κ2) is 12.6. The summed E-state index contributed by atoms with van der Waals surface area (Å²) in [6.45, 7) is 0.696. The minimum atomic E-state index is -2.87. The summed E-state index contributed by atoms with van der Waals surface area (Å²) in [5.74, 6) is 0. The largest absolute Gasteiger partial charge is 0.692 e. The molecule has 0 aliphatic rings. The molecule has 0 aliphatic carbocycles. The zero-order chi connectivity index (χ0) is 9.11. The molecule has 0 unspecified atom stereocenters. The molecule has 0 aromatic carbocycles. The number of ether oxygens (including phenoxy) is 1. The molecular weight excluding hydrogens is 175 g/mol. The van der Waals surface area contributed by atoms with E-state index < -0.39 is 8.25 Å². The van der Waals surface area contributed by atoms with Crippen LogP contribution < -0.4 is 0 Å². The van der Waals surface area contributed by atoms with Gasteiger partial charge in [0.1, 0.15) is 0 Å². The minimum absolute atomic E-state index is 0.0278. The van der Waals surface area contributed by atoms with Gasteiger partial charge in [-0.2, -0.15) is 0 Å². The topological polar surface area (TPSA) is 107 Å². The van der Waals surface area contributed by atoms with E-state index in [0.717, 1.165) is 0 Å². The maximum Gasteiger partial charge on any atom is 0.692 e. The van der Waals surface area contributed by atoms with Gasteiger partial charge in [-0.05, 0) is 0 Å². The predicted octanol–water partition coefficient (Wildman–Crippen LogP) is -1.38. The quantitative estimate of drug-likeness (QED) is 0.319. The van der Waals surface area contributed by atoms with E-state index in [4.69, 9.17) is 24.6 Å². The highest BCUT2D eigenvalue weighted by atomic mass is 31.1. The fourth-order valence-corrected chi connectivity index (χ4v) is 0.231. The molecule has 7 heteroatoms. The molecule has 11 heavy (non-hydrogen) atoms. The minimum Gasteiger partial charge on any atom is -0.394 e. The molecular formula is C4H12O6P+. The molecule has 0 saturated carbocycles. The van der Waals surface area contributed by atoms with Crippen molar-refractivity contribution in [1.29, 1.82) is 0 Å². The van der Waals surface area contributed by atoms with Crippen molar-refractivity contribution in [3.8, 4) is 0 Å². The van der Waals surface area contributed by atoms with Crippen LogP contribution in [0.15, 0.2) is 0 Å². The van der Waals surface area contributed by atoms with Gasteiger partial charge in [-0.1, -0.05) is 0 Å². The summed E-state index contributed by atoms with van der Waals surface area (Å²) in [4.78, 5) is 14.2. The maximum absolute atomic E-state index is 8.70. The SMILES string of the molecule is O=[P+](O)O.OCCOCCO. The number of aliphatic hydroxyl groups is 2. The summed E-state index contributed by atoms with van der Waals surface area (Å²) in [7, 11) is -2.87.